The third-order valence-electron chi connectivity index (χ3n) is 3.87. The van der Waals surface area contributed by atoms with Crippen molar-refractivity contribution in [2.75, 3.05) is 0 Å². The molecule has 1 fully saturated rings. The number of nitrogens with zero attached hydrogens (tertiary/aromatic N) is 1. The van der Waals surface area contributed by atoms with Gasteiger partial charge in [0, 0.05) is 12.8 Å². The first-order valence-electron chi connectivity index (χ1n) is 6.54. The quantitative estimate of drug-likeness (QED) is 0.902. The van der Waals surface area contributed by atoms with E-state index in [0.717, 1.165) is 5.52 Å². The average molecular weight is 266 g/mol. The van der Waals surface area contributed by atoms with Gasteiger partial charge in [0.1, 0.15) is 5.52 Å². The van der Waals surface area contributed by atoms with Crippen molar-refractivity contribution < 1.29 is 13.2 Å². The molecule has 0 radical (unpaired) electrons. The largest absolute Gasteiger partial charge is 0.439 e. The monoisotopic (exact) mass is 266 g/mol. The van der Waals surface area contributed by atoms with Crippen LogP contribution in [0.15, 0.2) is 28.7 Å². The number of hydrogen-bond donors (Lipinski definition) is 1. The molecule has 102 valence electrons. The Morgan fingerprint density at radius 2 is 1.95 bits per heavy atom. The Kier molecular flexibility index (Phi) is 3.01. The maximum Gasteiger partial charge on any atom is 0.248 e. The lowest BCUT2D eigenvalue weighted by molar-refractivity contribution is -0.0491. The second kappa shape index (κ2) is 4.56. The second-order valence-corrected chi connectivity index (χ2v) is 5.24. The second-order valence-electron chi connectivity index (χ2n) is 5.24. The molecule has 0 bridgehead atoms. The standard InChI is InChI=1S/C14H16F2N2O/c15-14(16)7-5-9(6-8-14)12(17)13-18-10-3-1-2-4-11(10)19-13/h1-4,9,12H,5-8,17H2/t12-/m0/s1. The summed E-state index contributed by atoms with van der Waals surface area (Å²) in [5.41, 5.74) is 7.57. The van der Waals surface area contributed by atoms with Gasteiger partial charge in [-0.1, -0.05) is 12.1 Å². The Hall–Kier alpha value is -1.49. The number of aromatic nitrogens is 1. The van der Waals surface area contributed by atoms with E-state index in [2.05, 4.69) is 4.98 Å². The number of benzene rings is 1. The molecule has 1 saturated carbocycles. The first-order valence-corrected chi connectivity index (χ1v) is 6.54. The molecule has 0 spiro atoms. The van der Waals surface area contributed by atoms with Crippen LogP contribution >= 0.6 is 0 Å². The van der Waals surface area contributed by atoms with Gasteiger partial charge < -0.3 is 10.2 Å². The molecule has 0 amide bonds. The lowest BCUT2D eigenvalue weighted by Crippen LogP contribution is -2.31. The Bertz CT molecular complexity index is 539. The lowest BCUT2D eigenvalue weighted by Gasteiger charge is -2.30. The Balaban J connectivity index is 1.78. The molecule has 0 unspecified atom stereocenters. The zero-order chi connectivity index (χ0) is 13.5. The van der Waals surface area contributed by atoms with Gasteiger partial charge in [-0.3, -0.25) is 0 Å². The van der Waals surface area contributed by atoms with Crippen LogP contribution in [0.5, 0.6) is 0 Å². The smallest absolute Gasteiger partial charge is 0.248 e. The van der Waals surface area contributed by atoms with Crippen LogP contribution in [-0.4, -0.2) is 10.9 Å². The number of halogens is 2. The minimum atomic E-state index is -2.53. The maximum absolute atomic E-state index is 13.1. The molecule has 1 aromatic carbocycles. The fourth-order valence-corrected chi connectivity index (χ4v) is 2.66. The van der Waals surface area contributed by atoms with Gasteiger partial charge in [0.15, 0.2) is 5.58 Å². The molecule has 19 heavy (non-hydrogen) atoms. The van der Waals surface area contributed by atoms with Crippen molar-refractivity contribution >= 4 is 11.1 Å². The van der Waals surface area contributed by atoms with Crippen LogP contribution in [-0.2, 0) is 0 Å². The summed E-state index contributed by atoms with van der Waals surface area (Å²) in [7, 11) is 0. The molecule has 1 atom stereocenters. The highest BCUT2D eigenvalue weighted by atomic mass is 19.3. The summed E-state index contributed by atoms with van der Waals surface area (Å²) in [6, 6.07) is 7.02. The van der Waals surface area contributed by atoms with Gasteiger partial charge in [-0.05, 0) is 30.9 Å². The van der Waals surface area contributed by atoms with E-state index < -0.39 is 12.0 Å². The molecule has 2 aromatic rings. The van der Waals surface area contributed by atoms with E-state index in [9.17, 15) is 8.78 Å². The normalized spacial score (nSPS) is 21.6. The highest BCUT2D eigenvalue weighted by Gasteiger charge is 2.38. The summed E-state index contributed by atoms with van der Waals surface area (Å²) in [5.74, 6) is -2.05. The average Bonchev–Trinajstić information content (AvgIpc) is 2.81. The number of para-hydroxylation sites is 2. The summed E-state index contributed by atoms with van der Waals surface area (Å²) >= 11 is 0. The molecular formula is C14H16F2N2O. The highest BCUT2D eigenvalue weighted by molar-refractivity contribution is 5.72. The topological polar surface area (TPSA) is 52.0 Å². The van der Waals surface area contributed by atoms with Gasteiger partial charge in [-0.25, -0.2) is 13.8 Å². The summed E-state index contributed by atoms with van der Waals surface area (Å²) < 4.78 is 31.9. The Labute approximate surface area is 109 Å². The van der Waals surface area contributed by atoms with Gasteiger partial charge in [-0.2, -0.15) is 0 Å². The Morgan fingerprint density at radius 1 is 1.26 bits per heavy atom. The molecule has 3 rings (SSSR count). The third kappa shape index (κ3) is 2.47. The summed E-state index contributed by atoms with van der Waals surface area (Å²) in [5, 5.41) is 0. The minimum Gasteiger partial charge on any atom is -0.439 e. The Morgan fingerprint density at radius 3 is 2.63 bits per heavy atom. The van der Waals surface area contributed by atoms with Crippen LogP contribution in [0, 0.1) is 5.92 Å². The summed E-state index contributed by atoms with van der Waals surface area (Å²) in [6.45, 7) is 0. The van der Waals surface area contributed by atoms with E-state index >= 15 is 0 Å². The van der Waals surface area contributed by atoms with E-state index in [4.69, 9.17) is 10.2 Å². The number of oxazole rings is 1. The van der Waals surface area contributed by atoms with Gasteiger partial charge >= 0.3 is 0 Å². The predicted molar refractivity (Wildman–Crippen MR) is 67.8 cm³/mol. The molecule has 1 aliphatic rings. The molecule has 1 aliphatic carbocycles. The lowest BCUT2D eigenvalue weighted by atomic mass is 9.82. The number of fused-ring (bicyclic) bond motifs is 1. The third-order valence-corrected chi connectivity index (χ3v) is 3.87. The van der Waals surface area contributed by atoms with Crippen LogP contribution in [0.1, 0.15) is 37.6 Å². The molecule has 0 aliphatic heterocycles. The van der Waals surface area contributed by atoms with E-state index in [1.54, 1.807) is 0 Å². The van der Waals surface area contributed by atoms with Crippen molar-refractivity contribution in [1.82, 2.24) is 4.98 Å². The van der Waals surface area contributed by atoms with Crippen molar-refractivity contribution in [3.63, 3.8) is 0 Å². The van der Waals surface area contributed by atoms with Crippen molar-refractivity contribution in [3.8, 4) is 0 Å². The number of hydrogen-bond acceptors (Lipinski definition) is 3. The number of rotatable bonds is 2. The fourth-order valence-electron chi connectivity index (χ4n) is 2.66. The molecule has 0 saturated heterocycles. The van der Waals surface area contributed by atoms with Gasteiger partial charge in [0.2, 0.25) is 11.8 Å². The minimum absolute atomic E-state index is 0.0210. The van der Waals surface area contributed by atoms with Crippen LogP contribution < -0.4 is 5.73 Å². The molecule has 1 heterocycles. The van der Waals surface area contributed by atoms with Crippen molar-refractivity contribution in [2.24, 2.45) is 11.7 Å². The van der Waals surface area contributed by atoms with Crippen LogP contribution in [0.2, 0.25) is 0 Å². The molecular weight excluding hydrogens is 250 g/mol. The number of alkyl halides is 2. The summed E-state index contributed by atoms with van der Waals surface area (Å²) in [4.78, 5) is 4.35. The van der Waals surface area contributed by atoms with E-state index in [1.165, 1.54) is 0 Å². The van der Waals surface area contributed by atoms with Gasteiger partial charge in [0.25, 0.3) is 0 Å². The molecule has 2 N–H and O–H groups in total. The molecule has 3 nitrogen and oxygen atoms in total. The molecule has 5 heteroatoms. The fraction of sp³-hybridized carbons (Fsp3) is 0.500. The van der Waals surface area contributed by atoms with Crippen LogP contribution in [0.25, 0.3) is 11.1 Å². The van der Waals surface area contributed by atoms with Crippen molar-refractivity contribution in [3.05, 3.63) is 30.2 Å². The number of nitrogens with two attached hydrogens (primary N) is 1. The maximum atomic E-state index is 13.1. The first-order chi connectivity index (χ1) is 9.05. The van der Waals surface area contributed by atoms with Gasteiger partial charge in [0.05, 0.1) is 6.04 Å². The zero-order valence-corrected chi connectivity index (χ0v) is 10.5. The predicted octanol–water partition coefficient (Wildman–Crippen LogP) is 3.65. The zero-order valence-electron chi connectivity index (χ0n) is 10.5. The highest BCUT2D eigenvalue weighted by Crippen LogP contribution is 2.40. The van der Waals surface area contributed by atoms with Gasteiger partial charge in [-0.15, -0.1) is 0 Å². The van der Waals surface area contributed by atoms with Crippen LogP contribution in [0.3, 0.4) is 0 Å². The van der Waals surface area contributed by atoms with Crippen LogP contribution in [0.4, 0.5) is 8.78 Å². The SMILES string of the molecule is N[C@H](c1nc2ccccc2o1)C1CCC(F)(F)CC1. The van der Waals surface area contributed by atoms with E-state index in [-0.39, 0.29) is 18.8 Å². The molecule has 1 aromatic heterocycles. The van der Waals surface area contributed by atoms with E-state index in [1.807, 2.05) is 24.3 Å². The van der Waals surface area contributed by atoms with E-state index in [0.29, 0.717) is 24.3 Å². The van der Waals surface area contributed by atoms with Crippen molar-refractivity contribution in [1.29, 1.82) is 0 Å². The first kappa shape index (κ1) is 12.5. The van der Waals surface area contributed by atoms with Crippen molar-refractivity contribution in [2.45, 2.75) is 37.6 Å². The summed E-state index contributed by atoms with van der Waals surface area (Å²) in [6.07, 6.45) is 0.664.